The summed E-state index contributed by atoms with van der Waals surface area (Å²) in [6.45, 7) is 4.10. The summed E-state index contributed by atoms with van der Waals surface area (Å²) in [7, 11) is 0. The molecule has 1 heterocycles. The molecule has 4 rings (SSSR count). The molecule has 1 aliphatic carbocycles. The number of rotatable bonds is 4. The van der Waals surface area contributed by atoms with Crippen molar-refractivity contribution in [1.29, 1.82) is 0 Å². The van der Waals surface area contributed by atoms with E-state index in [1.165, 1.54) is 27.4 Å². The van der Waals surface area contributed by atoms with Crippen LogP contribution in [-0.2, 0) is 13.1 Å². The molecule has 1 aliphatic rings. The van der Waals surface area contributed by atoms with Crippen molar-refractivity contribution in [3.63, 3.8) is 0 Å². The van der Waals surface area contributed by atoms with Crippen LogP contribution in [0.5, 0.6) is 0 Å². The maximum Gasteiger partial charge on any atom is 0.0541 e. The van der Waals surface area contributed by atoms with Crippen LogP contribution in [0, 0.1) is 0 Å². The first-order valence-corrected chi connectivity index (χ1v) is 9.17. The van der Waals surface area contributed by atoms with Gasteiger partial charge in [0.1, 0.15) is 0 Å². The Morgan fingerprint density at radius 2 is 1.72 bits per heavy atom. The molecule has 0 saturated heterocycles. The first kappa shape index (κ1) is 18.2. The SMILES string of the molecule is CCn1c2ccccc2c2cc(CNC3CCC(O)CC3)ccc21.Cl. The Morgan fingerprint density at radius 3 is 2.48 bits per heavy atom. The lowest BCUT2D eigenvalue weighted by molar-refractivity contribution is 0.116. The summed E-state index contributed by atoms with van der Waals surface area (Å²) < 4.78 is 2.39. The zero-order valence-corrected chi connectivity index (χ0v) is 15.6. The lowest BCUT2D eigenvalue weighted by Crippen LogP contribution is -2.34. The van der Waals surface area contributed by atoms with Gasteiger partial charge in [-0.25, -0.2) is 0 Å². The Bertz CT molecular complexity index is 850. The highest BCUT2D eigenvalue weighted by atomic mass is 35.5. The van der Waals surface area contributed by atoms with E-state index >= 15 is 0 Å². The molecule has 2 aromatic carbocycles. The maximum absolute atomic E-state index is 9.63. The van der Waals surface area contributed by atoms with Crippen molar-refractivity contribution in [2.45, 2.75) is 57.8 Å². The van der Waals surface area contributed by atoms with Gasteiger partial charge in [0.2, 0.25) is 0 Å². The van der Waals surface area contributed by atoms with Gasteiger partial charge in [-0.15, -0.1) is 12.4 Å². The molecule has 1 saturated carbocycles. The van der Waals surface area contributed by atoms with Crippen molar-refractivity contribution < 1.29 is 5.11 Å². The average Bonchev–Trinajstić information content (AvgIpc) is 2.94. The summed E-state index contributed by atoms with van der Waals surface area (Å²) in [5.74, 6) is 0. The molecule has 0 bridgehead atoms. The monoisotopic (exact) mass is 358 g/mol. The van der Waals surface area contributed by atoms with E-state index in [9.17, 15) is 5.11 Å². The molecule has 0 spiro atoms. The minimum absolute atomic E-state index is 0. The summed E-state index contributed by atoms with van der Waals surface area (Å²) in [5.41, 5.74) is 3.98. The Labute approximate surface area is 155 Å². The van der Waals surface area contributed by atoms with Crippen LogP contribution in [-0.4, -0.2) is 21.8 Å². The minimum Gasteiger partial charge on any atom is -0.393 e. The van der Waals surface area contributed by atoms with Gasteiger partial charge in [0, 0.05) is 40.9 Å². The van der Waals surface area contributed by atoms with E-state index in [2.05, 4.69) is 59.3 Å². The van der Waals surface area contributed by atoms with Crippen molar-refractivity contribution in [2.24, 2.45) is 0 Å². The van der Waals surface area contributed by atoms with E-state index < -0.39 is 0 Å². The molecule has 25 heavy (non-hydrogen) atoms. The number of para-hydroxylation sites is 1. The lowest BCUT2D eigenvalue weighted by atomic mass is 9.93. The molecule has 3 aromatic rings. The predicted molar refractivity (Wildman–Crippen MR) is 107 cm³/mol. The Morgan fingerprint density at radius 1 is 1.00 bits per heavy atom. The third-order valence-corrected chi connectivity index (χ3v) is 5.44. The molecule has 2 N–H and O–H groups in total. The van der Waals surface area contributed by atoms with Crippen LogP contribution in [0.15, 0.2) is 42.5 Å². The number of halogens is 1. The van der Waals surface area contributed by atoms with Crippen LogP contribution in [0.4, 0.5) is 0 Å². The number of benzene rings is 2. The van der Waals surface area contributed by atoms with Gasteiger partial charge in [-0.1, -0.05) is 24.3 Å². The fourth-order valence-electron chi connectivity index (χ4n) is 4.09. The number of fused-ring (bicyclic) bond motifs is 3. The topological polar surface area (TPSA) is 37.2 Å². The highest BCUT2D eigenvalue weighted by Gasteiger charge is 2.18. The average molecular weight is 359 g/mol. The van der Waals surface area contributed by atoms with Gasteiger partial charge in [-0.3, -0.25) is 0 Å². The van der Waals surface area contributed by atoms with Gasteiger partial charge >= 0.3 is 0 Å². The second-order valence-electron chi connectivity index (χ2n) is 7.00. The highest BCUT2D eigenvalue weighted by molar-refractivity contribution is 6.08. The summed E-state index contributed by atoms with van der Waals surface area (Å²) in [6.07, 6.45) is 3.94. The molecule has 134 valence electrons. The fourth-order valence-corrected chi connectivity index (χ4v) is 4.09. The predicted octanol–water partition coefficient (Wildman–Crippen LogP) is 4.63. The molecule has 3 nitrogen and oxygen atoms in total. The number of hydrogen-bond donors (Lipinski definition) is 2. The third-order valence-electron chi connectivity index (χ3n) is 5.44. The molecule has 4 heteroatoms. The minimum atomic E-state index is -0.0837. The number of aliphatic hydroxyl groups excluding tert-OH is 1. The fraction of sp³-hybridized carbons (Fsp3) is 0.429. The van der Waals surface area contributed by atoms with E-state index in [0.717, 1.165) is 38.8 Å². The van der Waals surface area contributed by atoms with E-state index in [4.69, 9.17) is 0 Å². The van der Waals surface area contributed by atoms with Gasteiger partial charge in [0.25, 0.3) is 0 Å². The molecule has 1 aromatic heterocycles. The quantitative estimate of drug-likeness (QED) is 0.713. The summed E-state index contributed by atoms with van der Waals surface area (Å²) in [4.78, 5) is 0. The zero-order valence-electron chi connectivity index (χ0n) is 14.7. The van der Waals surface area contributed by atoms with E-state index in [0.29, 0.717) is 6.04 Å². The van der Waals surface area contributed by atoms with Gasteiger partial charge in [-0.05, 0) is 56.4 Å². The van der Waals surface area contributed by atoms with Gasteiger partial charge < -0.3 is 15.0 Å². The van der Waals surface area contributed by atoms with Crippen LogP contribution in [0.2, 0.25) is 0 Å². The van der Waals surface area contributed by atoms with Gasteiger partial charge in [0.05, 0.1) is 6.10 Å². The second-order valence-corrected chi connectivity index (χ2v) is 7.00. The van der Waals surface area contributed by atoms with Crippen molar-refractivity contribution >= 4 is 34.2 Å². The maximum atomic E-state index is 9.63. The van der Waals surface area contributed by atoms with Crippen LogP contribution in [0.1, 0.15) is 38.2 Å². The summed E-state index contributed by atoms with van der Waals surface area (Å²) in [5, 5.41) is 16.0. The number of hydrogen-bond acceptors (Lipinski definition) is 2. The van der Waals surface area contributed by atoms with Crippen molar-refractivity contribution in [1.82, 2.24) is 9.88 Å². The van der Waals surface area contributed by atoms with Crippen LogP contribution in [0.3, 0.4) is 0 Å². The second kappa shape index (κ2) is 7.77. The first-order valence-electron chi connectivity index (χ1n) is 9.17. The standard InChI is InChI=1S/C21H26N2O.ClH/c1-2-23-20-6-4-3-5-18(20)19-13-15(7-12-21(19)23)14-22-16-8-10-17(24)11-9-16;/h3-7,12-13,16-17,22,24H,2,8-11,14H2,1H3;1H. The van der Waals surface area contributed by atoms with Gasteiger partial charge in [0.15, 0.2) is 0 Å². The number of aliphatic hydroxyl groups is 1. The molecule has 0 radical (unpaired) electrons. The lowest BCUT2D eigenvalue weighted by Gasteiger charge is -2.26. The number of aromatic nitrogens is 1. The molecular formula is C21H27ClN2O. The Kier molecular flexibility index (Phi) is 5.67. The number of aryl methyl sites for hydroxylation is 1. The largest absolute Gasteiger partial charge is 0.393 e. The smallest absolute Gasteiger partial charge is 0.0541 e. The van der Waals surface area contributed by atoms with Crippen molar-refractivity contribution in [3.8, 4) is 0 Å². The van der Waals surface area contributed by atoms with Crippen molar-refractivity contribution in [3.05, 3.63) is 48.0 Å². The summed E-state index contributed by atoms with van der Waals surface area (Å²) >= 11 is 0. The summed E-state index contributed by atoms with van der Waals surface area (Å²) in [6, 6.07) is 16.1. The first-order chi connectivity index (χ1) is 11.8. The Balaban J connectivity index is 0.00000182. The van der Waals surface area contributed by atoms with E-state index in [1.807, 2.05) is 0 Å². The molecule has 0 unspecified atom stereocenters. The molecule has 0 atom stereocenters. The van der Waals surface area contributed by atoms with Gasteiger partial charge in [-0.2, -0.15) is 0 Å². The molecule has 0 amide bonds. The van der Waals surface area contributed by atoms with Crippen LogP contribution < -0.4 is 5.32 Å². The number of nitrogens with zero attached hydrogens (tertiary/aromatic N) is 1. The molecule has 1 fully saturated rings. The van der Waals surface area contributed by atoms with Crippen molar-refractivity contribution in [2.75, 3.05) is 0 Å². The third kappa shape index (κ3) is 3.55. The Hall–Kier alpha value is -1.55. The normalized spacial score (nSPS) is 20.7. The highest BCUT2D eigenvalue weighted by Crippen LogP contribution is 2.29. The molecular weight excluding hydrogens is 332 g/mol. The van der Waals surface area contributed by atoms with Crippen LogP contribution >= 0.6 is 12.4 Å². The van der Waals surface area contributed by atoms with E-state index in [1.54, 1.807) is 0 Å². The number of nitrogens with one attached hydrogen (secondary N) is 1. The van der Waals surface area contributed by atoms with E-state index in [-0.39, 0.29) is 18.5 Å². The van der Waals surface area contributed by atoms with Crippen LogP contribution in [0.25, 0.3) is 21.8 Å². The molecule has 0 aliphatic heterocycles. The zero-order chi connectivity index (χ0) is 16.5.